The van der Waals surface area contributed by atoms with Gasteiger partial charge in [-0.15, -0.1) is 0 Å². The van der Waals surface area contributed by atoms with Crippen molar-refractivity contribution in [3.8, 4) is 11.1 Å². The summed E-state index contributed by atoms with van der Waals surface area (Å²) in [6, 6.07) is 42.7. The Hall–Kier alpha value is -4.15. The van der Waals surface area contributed by atoms with Crippen molar-refractivity contribution in [2.45, 2.75) is 6.29 Å². The molecule has 1 N–H and O–H groups in total. The van der Waals surface area contributed by atoms with Crippen LogP contribution in [0.15, 0.2) is 131 Å². The molecule has 1 aromatic heterocycles. The highest BCUT2D eigenvalue weighted by Gasteiger charge is 2.25. The molecule has 1 aliphatic heterocycles. The fourth-order valence-electron chi connectivity index (χ4n) is 5.22. The highest BCUT2D eigenvalue weighted by Crippen LogP contribution is 2.37. The maximum Gasteiger partial charge on any atom is 0.201 e. The van der Waals surface area contributed by atoms with Crippen LogP contribution in [-0.2, 0) is 0 Å². The van der Waals surface area contributed by atoms with Crippen LogP contribution in [-0.4, -0.2) is 10.3 Å². The summed E-state index contributed by atoms with van der Waals surface area (Å²) < 4.78 is 3.38. The number of benzene rings is 5. The number of nitrogens with zero attached hydrogens (tertiary/aromatic N) is 2. The second-order valence-corrected chi connectivity index (χ2v) is 9.95. The average Bonchev–Trinajstić information content (AvgIpc) is 3.26. The van der Waals surface area contributed by atoms with Gasteiger partial charge in [-0.3, -0.25) is 0 Å². The van der Waals surface area contributed by atoms with Gasteiger partial charge >= 0.3 is 0 Å². The second-order valence-electron chi connectivity index (χ2n) is 9.03. The summed E-state index contributed by atoms with van der Waals surface area (Å²) in [5.74, 6) is 0. The number of anilines is 1. The molecule has 5 aromatic carbocycles. The van der Waals surface area contributed by atoms with E-state index in [2.05, 4.69) is 141 Å². The summed E-state index contributed by atoms with van der Waals surface area (Å²) in [5.41, 5.74) is 9.03. The van der Waals surface area contributed by atoms with Crippen molar-refractivity contribution in [1.29, 1.82) is 0 Å². The molecular formula is C32H22BrN3. The summed E-state index contributed by atoms with van der Waals surface area (Å²) in [6.45, 7) is 0. The first kappa shape index (κ1) is 21.2. The lowest BCUT2D eigenvalue weighted by Crippen LogP contribution is -2.24. The first-order valence-electron chi connectivity index (χ1n) is 12.0. The van der Waals surface area contributed by atoms with Crippen molar-refractivity contribution in [3.63, 3.8) is 0 Å². The Bertz CT molecular complexity index is 1770. The molecule has 0 fully saturated rings. The normalized spacial score (nSPS) is 14.9. The third kappa shape index (κ3) is 3.45. The van der Waals surface area contributed by atoms with Crippen LogP contribution in [0.4, 0.5) is 5.69 Å². The Kier molecular flexibility index (Phi) is 5.00. The Balaban J connectivity index is 1.41. The van der Waals surface area contributed by atoms with E-state index in [1.807, 2.05) is 6.07 Å². The van der Waals surface area contributed by atoms with Crippen LogP contribution >= 0.6 is 15.9 Å². The number of nitrogens with one attached hydrogen (secondary N) is 1. The van der Waals surface area contributed by atoms with Gasteiger partial charge in [0.15, 0.2) is 0 Å². The van der Waals surface area contributed by atoms with E-state index in [-0.39, 0.29) is 6.29 Å². The van der Waals surface area contributed by atoms with Gasteiger partial charge in [-0.2, -0.15) is 0 Å². The number of para-hydroxylation sites is 2. The van der Waals surface area contributed by atoms with E-state index in [0.717, 1.165) is 38.0 Å². The van der Waals surface area contributed by atoms with Crippen LogP contribution in [0.3, 0.4) is 0 Å². The molecule has 4 heteroatoms. The average molecular weight is 528 g/mol. The minimum atomic E-state index is -0.271. The van der Waals surface area contributed by atoms with Crippen molar-refractivity contribution in [3.05, 3.63) is 137 Å². The van der Waals surface area contributed by atoms with Crippen LogP contribution in [0.1, 0.15) is 17.4 Å². The van der Waals surface area contributed by atoms with Gasteiger partial charge < -0.3 is 9.88 Å². The molecule has 0 aliphatic carbocycles. The molecule has 172 valence electrons. The Labute approximate surface area is 217 Å². The van der Waals surface area contributed by atoms with Gasteiger partial charge in [-0.1, -0.05) is 107 Å². The maximum atomic E-state index is 5.32. The zero-order valence-corrected chi connectivity index (χ0v) is 21.0. The Morgan fingerprint density at radius 1 is 0.611 bits per heavy atom. The third-order valence-corrected chi connectivity index (χ3v) is 7.39. The lowest BCUT2D eigenvalue weighted by atomic mass is 9.96. The van der Waals surface area contributed by atoms with E-state index in [0.29, 0.717) is 0 Å². The monoisotopic (exact) mass is 527 g/mol. The molecule has 0 radical (unpaired) electrons. The fourth-order valence-corrected chi connectivity index (χ4v) is 5.58. The van der Waals surface area contributed by atoms with E-state index in [1.165, 1.54) is 21.9 Å². The number of hydrogen-bond donors (Lipinski definition) is 1. The molecule has 1 atom stereocenters. The summed E-state index contributed by atoms with van der Waals surface area (Å²) in [7, 11) is 0. The third-order valence-electron chi connectivity index (χ3n) is 6.90. The summed E-state index contributed by atoms with van der Waals surface area (Å²) in [5, 5.41) is 6.13. The molecule has 7 rings (SSSR count). The molecule has 1 aliphatic rings. The number of fused-ring (bicyclic) bond motifs is 4. The lowest BCUT2D eigenvalue weighted by Gasteiger charge is -2.28. The van der Waals surface area contributed by atoms with Crippen molar-refractivity contribution < 1.29 is 0 Å². The van der Waals surface area contributed by atoms with Gasteiger partial charge in [0.1, 0.15) is 0 Å². The first-order chi connectivity index (χ1) is 17.8. The molecule has 6 aromatic rings. The predicted octanol–water partition coefficient (Wildman–Crippen LogP) is 8.64. The standard InChI is InChI=1S/C32H22BrN3/c33-24-18-19-30-27(20-24)25-10-5-7-13-29(25)36(30)32-34-28-12-6-4-11-26(28)31(35-32)23-16-14-22(15-17-23)21-8-2-1-3-9-21/h1-20,32,34H. The second kappa shape index (κ2) is 8.51. The summed E-state index contributed by atoms with van der Waals surface area (Å²) >= 11 is 3.66. The zero-order chi connectivity index (χ0) is 24.1. The maximum absolute atomic E-state index is 5.32. The fraction of sp³-hybridized carbons (Fsp3) is 0.0312. The minimum absolute atomic E-state index is 0.271. The number of aliphatic imine (C=N–C) groups is 1. The molecule has 1 unspecified atom stereocenters. The number of aromatic nitrogens is 1. The molecule has 3 nitrogen and oxygen atoms in total. The van der Waals surface area contributed by atoms with E-state index in [1.54, 1.807) is 0 Å². The predicted molar refractivity (Wildman–Crippen MR) is 154 cm³/mol. The highest BCUT2D eigenvalue weighted by molar-refractivity contribution is 9.10. The van der Waals surface area contributed by atoms with Crippen LogP contribution in [0.5, 0.6) is 0 Å². The van der Waals surface area contributed by atoms with Gasteiger partial charge in [0, 0.05) is 32.1 Å². The zero-order valence-electron chi connectivity index (χ0n) is 19.4. The van der Waals surface area contributed by atoms with Crippen LogP contribution < -0.4 is 5.32 Å². The molecule has 0 saturated heterocycles. The van der Waals surface area contributed by atoms with Crippen LogP contribution in [0.2, 0.25) is 0 Å². The molecule has 0 bridgehead atoms. The summed E-state index contributed by atoms with van der Waals surface area (Å²) in [4.78, 5) is 5.32. The van der Waals surface area contributed by atoms with Gasteiger partial charge in [0.05, 0.1) is 16.7 Å². The highest BCUT2D eigenvalue weighted by atomic mass is 79.9. The van der Waals surface area contributed by atoms with Gasteiger partial charge in [-0.05, 0) is 41.5 Å². The van der Waals surface area contributed by atoms with Crippen molar-refractivity contribution in [1.82, 2.24) is 4.57 Å². The smallest absolute Gasteiger partial charge is 0.201 e. The topological polar surface area (TPSA) is 29.3 Å². The van der Waals surface area contributed by atoms with Gasteiger partial charge in [0.2, 0.25) is 6.29 Å². The lowest BCUT2D eigenvalue weighted by molar-refractivity contribution is 0.624. The molecular weight excluding hydrogens is 506 g/mol. The van der Waals surface area contributed by atoms with Gasteiger partial charge in [0.25, 0.3) is 0 Å². The largest absolute Gasteiger partial charge is 0.346 e. The molecule has 36 heavy (non-hydrogen) atoms. The van der Waals surface area contributed by atoms with Crippen molar-refractivity contribution in [2.24, 2.45) is 4.99 Å². The Morgan fingerprint density at radius 2 is 1.28 bits per heavy atom. The summed E-state index contributed by atoms with van der Waals surface area (Å²) in [6.07, 6.45) is -0.271. The minimum Gasteiger partial charge on any atom is -0.346 e. The van der Waals surface area contributed by atoms with E-state index < -0.39 is 0 Å². The van der Waals surface area contributed by atoms with Crippen molar-refractivity contribution >= 4 is 49.1 Å². The van der Waals surface area contributed by atoms with Crippen molar-refractivity contribution in [2.75, 3.05) is 5.32 Å². The first-order valence-corrected chi connectivity index (χ1v) is 12.8. The van der Waals surface area contributed by atoms with Crippen LogP contribution in [0.25, 0.3) is 32.9 Å². The van der Waals surface area contributed by atoms with E-state index in [9.17, 15) is 0 Å². The number of rotatable bonds is 3. The van der Waals surface area contributed by atoms with E-state index >= 15 is 0 Å². The molecule has 0 spiro atoms. The molecule has 2 heterocycles. The Morgan fingerprint density at radius 3 is 2.14 bits per heavy atom. The van der Waals surface area contributed by atoms with Gasteiger partial charge in [-0.25, -0.2) is 4.99 Å². The number of halogens is 1. The number of hydrogen-bond acceptors (Lipinski definition) is 2. The quantitative estimate of drug-likeness (QED) is 0.245. The van der Waals surface area contributed by atoms with Crippen LogP contribution in [0, 0.1) is 0 Å². The molecule has 0 amide bonds. The van der Waals surface area contributed by atoms with E-state index in [4.69, 9.17) is 4.99 Å². The molecule has 0 saturated carbocycles. The SMILES string of the molecule is Brc1ccc2c(c1)c1ccccc1n2C1N=C(c2ccc(-c3ccccc3)cc2)c2ccccc2N1.